The van der Waals surface area contributed by atoms with E-state index in [9.17, 15) is 14.7 Å². The molecule has 1 amide bonds. The van der Waals surface area contributed by atoms with Crippen molar-refractivity contribution in [3.05, 3.63) is 29.8 Å². The smallest absolute Gasteiger partial charge is 0.312 e. The number of hydrogen-bond donors (Lipinski definition) is 1. The van der Waals surface area contributed by atoms with Gasteiger partial charge in [0.1, 0.15) is 5.92 Å². The van der Waals surface area contributed by atoms with Crippen LogP contribution < -0.4 is 4.90 Å². The van der Waals surface area contributed by atoms with E-state index in [4.69, 9.17) is 4.74 Å². The molecule has 0 unspecified atom stereocenters. The molecule has 5 heteroatoms. The molecule has 2 aliphatic heterocycles. The summed E-state index contributed by atoms with van der Waals surface area (Å²) < 4.78 is 5.24. The zero-order valence-corrected chi connectivity index (χ0v) is 10.4. The van der Waals surface area contributed by atoms with Crippen LogP contribution in [0, 0.1) is 5.92 Å². The average Bonchev–Trinajstić information content (AvgIpc) is 3.05. The van der Waals surface area contributed by atoms with Gasteiger partial charge < -0.3 is 14.7 Å². The molecule has 0 saturated carbocycles. The number of amides is 1. The number of carbonyl (C=O) groups excluding carboxylic acids is 1. The van der Waals surface area contributed by atoms with E-state index in [0.717, 1.165) is 17.7 Å². The molecule has 1 saturated heterocycles. The van der Waals surface area contributed by atoms with Crippen LogP contribution in [0.3, 0.4) is 0 Å². The van der Waals surface area contributed by atoms with Gasteiger partial charge in [0, 0.05) is 18.8 Å². The molecule has 0 radical (unpaired) electrons. The lowest BCUT2D eigenvalue weighted by Crippen LogP contribution is -2.36. The lowest BCUT2D eigenvalue weighted by molar-refractivity contribution is -0.138. The maximum atomic E-state index is 12.4. The minimum absolute atomic E-state index is 0.0197. The molecular weight excluding hydrogens is 246 g/mol. The third-order valence-electron chi connectivity index (χ3n) is 3.81. The third-order valence-corrected chi connectivity index (χ3v) is 3.81. The first kappa shape index (κ1) is 12.2. The maximum absolute atomic E-state index is 12.4. The Morgan fingerprint density at radius 2 is 2.11 bits per heavy atom. The lowest BCUT2D eigenvalue weighted by Gasteiger charge is -2.20. The number of fused-ring (bicyclic) bond motifs is 1. The number of rotatable bonds is 2. The van der Waals surface area contributed by atoms with Crippen molar-refractivity contribution in [2.45, 2.75) is 12.3 Å². The highest BCUT2D eigenvalue weighted by atomic mass is 16.5. The number of anilines is 1. The monoisotopic (exact) mass is 261 g/mol. The van der Waals surface area contributed by atoms with Crippen LogP contribution in [0.5, 0.6) is 0 Å². The van der Waals surface area contributed by atoms with Crippen molar-refractivity contribution >= 4 is 17.6 Å². The Morgan fingerprint density at radius 3 is 2.79 bits per heavy atom. The first-order chi connectivity index (χ1) is 9.18. The molecule has 1 aromatic rings. The molecule has 3 rings (SSSR count). The van der Waals surface area contributed by atoms with Crippen molar-refractivity contribution < 1.29 is 19.4 Å². The van der Waals surface area contributed by atoms with Gasteiger partial charge in [-0.1, -0.05) is 18.2 Å². The molecule has 100 valence electrons. The van der Waals surface area contributed by atoms with Crippen LogP contribution in [-0.2, 0) is 14.3 Å². The molecule has 0 aliphatic carbocycles. The normalized spacial score (nSPS) is 25.4. The number of carboxylic acid groups (broad SMARTS) is 1. The van der Waals surface area contributed by atoms with Crippen LogP contribution in [0.2, 0.25) is 0 Å². The van der Waals surface area contributed by atoms with Crippen molar-refractivity contribution in [3.63, 3.8) is 0 Å². The highest BCUT2D eigenvalue weighted by Crippen LogP contribution is 2.37. The maximum Gasteiger partial charge on any atom is 0.312 e. The van der Waals surface area contributed by atoms with Crippen LogP contribution in [0.25, 0.3) is 0 Å². The first-order valence-corrected chi connectivity index (χ1v) is 6.39. The predicted octanol–water partition coefficient (Wildman–Crippen LogP) is 1.24. The summed E-state index contributed by atoms with van der Waals surface area (Å²) >= 11 is 0. The second-order valence-electron chi connectivity index (χ2n) is 4.96. The van der Waals surface area contributed by atoms with Crippen molar-refractivity contribution in [1.29, 1.82) is 0 Å². The zero-order chi connectivity index (χ0) is 13.4. The Balaban J connectivity index is 1.91. The highest BCUT2D eigenvalue weighted by molar-refractivity contribution is 6.00. The second-order valence-corrected chi connectivity index (χ2v) is 4.96. The van der Waals surface area contributed by atoms with Crippen molar-refractivity contribution in [1.82, 2.24) is 0 Å². The number of ether oxygens (including phenoxy) is 1. The lowest BCUT2D eigenvalue weighted by atomic mass is 10.0. The van der Waals surface area contributed by atoms with Gasteiger partial charge in [-0.25, -0.2) is 0 Å². The Morgan fingerprint density at radius 1 is 1.32 bits per heavy atom. The molecule has 2 heterocycles. The highest BCUT2D eigenvalue weighted by Gasteiger charge is 2.39. The van der Waals surface area contributed by atoms with E-state index in [1.165, 1.54) is 0 Å². The molecular formula is C14H15NO4. The molecule has 1 fully saturated rings. The van der Waals surface area contributed by atoms with E-state index in [1.54, 1.807) is 17.0 Å². The van der Waals surface area contributed by atoms with Crippen molar-refractivity contribution in [3.8, 4) is 0 Å². The molecule has 0 aromatic heterocycles. The van der Waals surface area contributed by atoms with Crippen LogP contribution in [0.4, 0.5) is 5.69 Å². The summed E-state index contributed by atoms with van der Waals surface area (Å²) in [4.78, 5) is 25.3. The molecule has 0 spiro atoms. The summed E-state index contributed by atoms with van der Waals surface area (Å²) in [6.45, 7) is 1.27. The fraction of sp³-hybridized carbons (Fsp3) is 0.429. The number of aliphatic carboxylic acids is 1. The standard InChI is InChI=1S/C14H15NO4/c16-13(9-5-6-19-8-9)15-7-11(14(17)18)10-3-1-2-4-12(10)15/h1-4,9,11H,5-8H2,(H,17,18)/t9-,11+/m0/s1. The number of para-hydroxylation sites is 1. The molecule has 2 atom stereocenters. The van der Waals surface area contributed by atoms with Gasteiger partial charge in [-0.05, 0) is 18.1 Å². The Bertz CT molecular complexity index is 522. The van der Waals surface area contributed by atoms with Crippen LogP contribution in [0.1, 0.15) is 17.9 Å². The number of carbonyl (C=O) groups is 2. The fourth-order valence-electron chi connectivity index (χ4n) is 2.78. The average molecular weight is 261 g/mol. The van der Waals surface area contributed by atoms with Gasteiger partial charge in [0.05, 0.1) is 12.5 Å². The summed E-state index contributed by atoms with van der Waals surface area (Å²) in [5.41, 5.74) is 1.45. The summed E-state index contributed by atoms with van der Waals surface area (Å²) in [5, 5.41) is 9.26. The van der Waals surface area contributed by atoms with Crippen LogP contribution >= 0.6 is 0 Å². The Hall–Kier alpha value is -1.88. The molecule has 5 nitrogen and oxygen atoms in total. The summed E-state index contributed by atoms with van der Waals surface area (Å²) in [5.74, 6) is -1.66. The SMILES string of the molecule is O=C(O)[C@@H]1CN(C(=O)[C@H]2CCOC2)c2ccccc21. The Labute approximate surface area is 110 Å². The van der Waals surface area contributed by atoms with Crippen molar-refractivity contribution in [2.24, 2.45) is 5.92 Å². The number of benzene rings is 1. The van der Waals surface area contributed by atoms with Gasteiger partial charge in [0.15, 0.2) is 0 Å². The number of carboxylic acids is 1. The summed E-state index contributed by atoms with van der Waals surface area (Å²) in [6.07, 6.45) is 0.717. The molecule has 2 aliphatic rings. The summed E-state index contributed by atoms with van der Waals surface area (Å²) in [6, 6.07) is 7.23. The van der Waals surface area contributed by atoms with E-state index in [-0.39, 0.29) is 18.4 Å². The van der Waals surface area contributed by atoms with Gasteiger partial charge in [0.25, 0.3) is 0 Å². The van der Waals surface area contributed by atoms with Crippen LogP contribution in [0.15, 0.2) is 24.3 Å². The Kier molecular flexibility index (Phi) is 2.98. The number of nitrogens with zero attached hydrogens (tertiary/aromatic N) is 1. The minimum atomic E-state index is -0.884. The largest absolute Gasteiger partial charge is 0.481 e. The van der Waals surface area contributed by atoms with Crippen molar-refractivity contribution in [2.75, 3.05) is 24.7 Å². The topological polar surface area (TPSA) is 66.8 Å². The van der Waals surface area contributed by atoms with E-state index in [0.29, 0.717) is 13.2 Å². The van der Waals surface area contributed by atoms with E-state index >= 15 is 0 Å². The van der Waals surface area contributed by atoms with Gasteiger partial charge in [-0.2, -0.15) is 0 Å². The van der Waals surface area contributed by atoms with E-state index in [2.05, 4.69) is 0 Å². The third kappa shape index (κ3) is 2.00. The second kappa shape index (κ2) is 4.66. The molecule has 19 heavy (non-hydrogen) atoms. The van der Waals surface area contributed by atoms with E-state index < -0.39 is 11.9 Å². The minimum Gasteiger partial charge on any atom is -0.481 e. The molecule has 0 bridgehead atoms. The molecule has 1 aromatic carbocycles. The van der Waals surface area contributed by atoms with Gasteiger partial charge in [-0.3, -0.25) is 9.59 Å². The van der Waals surface area contributed by atoms with Gasteiger partial charge in [-0.15, -0.1) is 0 Å². The van der Waals surface area contributed by atoms with Gasteiger partial charge >= 0.3 is 5.97 Å². The zero-order valence-electron chi connectivity index (χ0n) is 10.4. The summed E-state index contributed by atoms with van der Waals surface area (Å²) in [7, 11) is 0. The predicted molar refractivity (Wildman–Crippen MR) is 68.1 cm³/mol. The first-order valence-electron chi connectivity index (χ1n) is 6.39. The van der Waals surface area contributed by atoms with E-state index in [1.807, 2.05) is 12.1 Å². The fourth-order valence-corrected chi connectivity index (χ4v) is 2.78. The quantitative estimate of drug-likeness (QED) is 0.869. The van der Waals surface area contributed by atoms with Crippen LogP contribution in [-0.4, -0.2) is 36.7 Å². The number of hydrogen-bond acceptors (Lipinski definition) is 3. The molecule has 1 N–H and O–H groups in total. The van der Waals surface area contributed by atoms with Gasteiger partial charge in [0.2, 0.25) is 5.91 Å².